The van der Waals surface area contributed by atoms with E-state index in [1.807, 2.05) is 6.07 Å². The van der Waals surface area contributed by atoms with Gasteiger partial charge in [-0.2, -0.15) is 18.3 Å². The van der Waals surface area contributed by atoms with Crippen LogP contribution < -0.4 is 10.2 Å². The van der Waals surface area contributed by atoms with Gasteiger partial charge in [-0.1, -0.05) is 64.5 Å². The third-order valence-corrected chi connectivity index (χ3v) is 6.54. The largest absolute Gasteiger partial charge is 0.422 e. The van der Waals surface area contributed by atoms with Crippen LogP contribution in [0, 0.1) is 5.82 Å². The zero-order valence-corrected chi connectivity index (χ0v) is 22.4. The molecule has 0 fully saturated rings. The number of halogens is 5. The van der Waals surface area contributed by atoms with E-state index in [0.29, 0.717) is 27.1 Å². The summed E-state index contributed by atoms with van der Waals surface area (Å²) < 4.78 is 59.7. The number of H-pyrrole nitrogens is 1. The number of carbonyl (C=O) groups excluding carboxylic acids is 2. The first kappa shape index (κ1) is 27.8. The minimum absolute atomic E-state index is 0.00808. The van der Waals surface area contributed by atoms with Gasteiger partial charge in [0.15, 0.2) is 0 Å². The van der Waals surface area contributed by atoms with E-state index < -0.39 is 29.4 Å². The number of ether oxygens (including phenoxy) is 1. The maximum Gasteiger partial charge on any atom is 0.416 e. The average molecular weight is 624 g/mol. The molecule has 0 bridgehead atoms. The van der Waals surface area contributed by atoms with Crippen LogP contribution in [-0.2, 0) is 6.18 Å². The van der Waals surface area contributed by atoms with Gasteiger partial charge >= 0.3 is 12.1 Å². The van der Waals surface area contributed by atoms with E-state index in [2.05, 4.69) is 31.4 Å². The van der Waals surface area contributed by atoms with E-state index in [4.69, 9.17) is 4.74 Å². The van der Waals surface area contributed by atoms with Crippen molar-refractivity contribution in [1.29, 1.82) is 0 Å². The highest BCUT2D eigenvalue weighted by atomic mass is 79.9. The summed E-state index contributed by atoms with van der Waals surface area (Å²) in [4.78, 5) is 28.6. The Hall–Kier alpha value is -4.77. The number of hydrogen-bond donors (Lipinski definition) is 2. The van der Waals surface area contributed by atoms with Gasteiger partial charge in [-0.15, -0.1) is 0 Å². The predicted octanol–water partition coefficient (Wildman–Crippen LogP) is 7.74. The van der Waals surface area contributed by atoms with E-state index in [1.54, 1.807) is 42.5 Å². The molecule has 0 saturated heterocycles. The lowest BCUT2D eigenvalue weighted by atomic mass is 10.0. The highest BCUT2D eigenvalue weighted by Crippen LogP contribution is 2.34. The summed E-state index contributed by atoms with van der Waals surface area (Å²) >= 11 is 3.30. The molecule has 206 valence electrons. The fraction of sp³-hybridized carbons (Fsp3) is 0.0333. The molecule has 0 aliphatic rings. The number of carbonyl (C=O) groups is 2. The molecule has 0 radical (unpaired) electrons. The molecule has 5 aromatic rings. The van der Waals surface area contributed by atoms with Gasteiger partial charge in [-0.25, -0.2) is 14.6 Å². The van der Waals surface area contributed by atoms with Crippen LogP contribution in [0.5, 0.6) is 5.75 Å². The van der Waals surface area contributed by atoms with E-state index in [0.717, 1.165) is 12.1 Å². The number of esters is 1. The molecule has 4 aromatic carbocycles. The second kappa shape index (κ2) is 11.4. The zero-order valence-electron chi connectivity index (χ0n) is 20.8. The number of nitrogens with one attached hydrogen (secondary N) is 2. The fourth-order valence-corrected chi connectivity index (χ4v) is 4.55. The maximum atomic E-state index is 14.5. The summed E-state index contributed by atoms with van der Waals surface area (Å²) in [5, 5.41) is 4.49. The Morgan fingerprint density at radius 3 is 2.44 bits per heavy atom. The Bertz CT molecular complexity index is 1800. The quantitative estimate of drug-likeness (QED) is 0.0667. The first-order chi connectivity index (χ1) is 19.6. The number of rotatable bonds is 6. The molecule has 11 heteroatoms. The lowest BCUT2D eigenvalue weighted by Crippen LogP contribution is -2.19. The molecule has 5 rings (SSSR count). The molecule has 1 aromatic heterocycles. The SMILES string of the molecule is O=C(Oc1ccc(Br)cc1C=NNC(=O)c1[nH]c2c(F)cccc2c1-c1ccccc1)c1cccc(C(F)(F)F)c1. The smallest absolute Gasteiger partial charge is 0.416 e. The monoisotopic (exact) mass is 623 g/mol. The van der Waals surface area contributed by atoms with Crippen molar-refractivity contribution < 1.29 is 31.9 Å². The molecule has 0 unspecified atom stereocenters. The first-order valence-corrected chi connectivity index (χ1v) is 12.8. The van der Waals surface area contributed by atoms with Gasteiger partial charge in [0.05, 0.1) is 22.9 Å². The molecule has 2 N–H and O–H groups in total. The normalized spacial score (nSPS) is 11.6. The van der Waals surface area contributed by atoms with Gasteiger partial charge < -0.3 is 9.72 Å². The topological polar surface area (TPSA) is 83.5 Å². The van der Waals surface area contributed by atoms with Crippen molar-refractivity contribution in [2.24, 2.45) is 5.10 Å². The number of aromatic amines is 1. The number of hydrazone groups is 1. The van der Waals surface area contributed by atoms with E-state index >= 15 is 0 Å². The van der Waals surface area contributed by atoms with Crippen LogP contribution in [0.1, 0.15) is 32.0 Å². The first-order valence-electron chi connectivity index (χ1n) is 12.0. The summed E-state index contributed by atoms with van der Waals surface area (Å²) in [6.07, 6.45) is -3.41. The van der Waals surface area contributed by atoms with E-state index in [-0.39, 0.29) is 28.1 Å². The van der Waals surface area contributed by atoms with E-state index in [1.165, 1.54) is 30.5 Å². The third kappa shape index (κ3) is 6.04. The van der Waals surface area contributed by atoms with E-state index in [9.17, 15) is 27.2 Å². The maximum absolute atomic E-state index is 14.5. The predicted molar refractivity (Wildman–Crippen MR) is 149 cm³/mol. The summed E-state index contributed by atoms with van der Waals surface area (Å²) in [5.74, 6) is -2.20. The Balaban J connectivity index is 1.40. The van der Waals surface area contributed by atoms with Crippen molar-refractivity contribution in [2.45, 2.75) is 6.18 Å². The summed E-state index contributed by atoms with van der Waals surface area (Å²) in [7, 11) is 0. The average Bonchev–Trinajstić information content (AvgIpc) is 3.35. The molecule has 41 heavy (non-hydrogen) atoms. The van der Waals surface area contributed by atoms with Crippen LogP contribution in [0.4, 0.5) is 17.6 Å². The van der Waals surface area contributed by atoms with Crippen LogP contribution in [0.25, 0.3) is 22.0 Å². The number of amides is 1. The van der Waals surface area contributed by atoms with Gasteiger partial charge in [0.25, 0.3) is 5.91 Å². The molecule has 0 saturated carbocycles. The van der Waals surface area contributed by atoms with Crippen LogP contribution in [0.2, 0.25) is 0 Å². The van der Waals surface area contributed by atoms with Gasteiger partial charge in [0, 0.05) is 21.0 Å². The van der Waals surface area contributed by atoms with Crippen LogP contribution in [0.3, 0.4) is 0 Å². The molecular formula is C30H18BrF4N3O3. The van der Waals surface area contributed by atoms with Crippen LogP contribution >= 0.6 is 15.9 Å². The molecule has 0 spiro atoms. The fourth-order valence-electron chi connectivity index (χ4n) is 4.17. The molecule has 0 aliphatic carbocycles. The highest BCUT2D eigenvalue weighted by molar-refractivity contribution is 9.10. The molecular weight excluding hydrogens is 606 g/mol. The number of fused-ring (bicyclic) bond motifs is 1. The van der Waals surface area contributed by atoms with Crippen LogP contribution in [0.15, 0.2) is 101 Å². The molecule has 1 heterocycles. The number of para-hydroxylation sites is 1. The lowest BCUT2D eigenvalue weighted by Gasteiger charge is -2.10. The van der Waals surface area contributed by atoms with Crippen LogP contribution in [-0.4, -0.2) is 23.1 Å². The second-order valence-electron chi connectivity index (χ2n) is 8.75. The Kier molecular flexibility index (Phi) is 7.71. The molecule has 0 atom stereocenters. The minimum Gasteiger partial charge on any atom is -0.422 e. The second-order valence-corrected chi connectivity index (χ2v) is 9.67. The standard InChI is InChI=1S/C30H18BrF4N3O3/c31-21-12-13-24(41-29(40)18-8-4-9-20(14-18)30(33,34)35)19(15-21)16-36-38-28(39)27-25(17-6-2-1-3-7-17)22-10-5-11-23(32)26(22)37-27/h1-16,37H,(H,38,39). The minimum atomic E-state index is -4.62. The van der Waals surface area contributed by atoms with Crippen molar-refractivity contribution in [2.75, 3.05) is 0 Å². The number of hydrogen-bond acceptors (Lipinski definition) is 4. The molecule has 6 nitrogen and oxygen atoms in total. The third-order valence-electron chi connectivity index (χ3n) is 6.04. The van der Waals surface area contributed by atoms with Crippen molar-refractivity contribution in [3.63, 3.8) is 0 Å². The number of benzene rings is 4. The summed E-state index contributed by atoms with van der Waals surface area (Å²) in [5.41, 5.74) is 2.78. The number of alkyl halides is 3. The summed E-state index contributed by atoms with van der Waals surface area (Å²) in [6.45, 7) is 0. The summed E-state index contributed by atoms with van der Waals surface area (Å²) in [6, 6.07) is 21.9. The van der Waals surface area contributed by atoms with Crippen molar-refractivity contribution in [3.8, 4) is 16.9 Å². The van der Waals surface area contributed by atoms with Crippen molar-refractivity contribution in [3.05, 3.63) is 124 Å². The lowest BCUT2D eigenvalue weighted by molar-refractivity contribution is -0.137. The Morgan fingerprint density at radius 1 is 0.927 bits per heavy atom. The van der Waals surface area contributed by atoms with Gasteiger partial charge in [0.1, 0.15) is 17.3 Å². The van der Waals surface area contributed by atoms with Gasteiger partial charge in [-0.05, 0) is 48.0 Å². The van der Waals surface area contributed by atoms with Gasteiger partial charge in [-0.3, -0.25) is 4.79 Å². The van der Waals surface area contributed by atoms with Gasteiger partial charge in [0.2, 0.25) is 0 Å². The molecule has 1 amide bonds. The molecule has 0 aliphatic heterocycles. The zero-order chi connectivity index (χ0) is 29.1. The Morgan fingerprint density at radius 2 is 1.68 bits per heavy atom. The number of aromatic nitrogens is 1. The highest BCUT2D eigenvalue weighted by Gasteiger charge is 2.31. The number of nitrogens with zero attached hydrogens (tertiary/aromatic N) is 1. The van der Waals surface area contributed by atoms with Crippen molar-refractivity contribution in [1.82, 2.24) is 10.4 Å². The Labute approximate surface area is 238 Å². The van der Waals surface area contributed by atoms with Crippen molar-refractivity contribution >= 4 is 44.9 Å².